The number of hydrogen-bond acceptors (Lipinski definition) is 5. The second kappa shape index (κ2) is 5.34. The Hall–Kier alpha value is -2.55. The van der Waals surface area contributed by atoms with Crippen LogP contribution in [-0.2, 0) is 0 Å². The van der Waals surface area contributed by atoms with Crippen LogP contribution in [0.5, 0.6) is 5.75 Å². The monoisotopic (exact) mass is 330 g/mol. The number of H-pyrrole nitrogens is 1. The van der Waals surface area contributed by atoms with Crippen molar-refractivity contribution in [2.24, 2.45) is 0 Å². The largest absolute Gasteiger partial charge is 0.573 e. The molecule has 3 rings (SSSR count). The zero-order valence-corrected chi connectivity index (χ0v) is 11.3. The van der Waals surface area contributed by atoms with E-state index in [1.54, 1.807) is 0 Å². The summed E-state index contributed by atoms with van der Waals surface area (Å²) in [6.07, 6.45) is -3.36. The average molecular weight is 331 g/mol. The second-order valence-corrected chi connectivity index (χ2v) is 4.50. The molecule has 10 heteroatoms. The number of alkyl halides is 3. The standard InChI is InChI=1S/C12H6ClF3N4O2/c13-8-5-17-19-9(8)11-18-10(20-22-11)6-1-3-7(4-2-6)21-12(14,15)16/h1-5H,(H,17,19). The fourth-order valence-electron chi connectivity index (χ4n) is 1.67. The van der Waals surface area contributed by atoms with E-state index in [1.165, 1.54) is 18.3 Å². The number of ether oxygens (including phenoxy) is 1. The smallest absolute Gasteiger partial charge is 0.406 e. The average Bonchev–Trinajstić information content (AvgIpc) is 3.06. The van der Waals surface area contributed by atoms with E-state index in [9.17, 15) is 13.2 Å². The third-order valence-electron chi connectivity index (χ3n) is 2.58. The summed E-state index contributed by atoms with van der Waals surface area (Å²) in [5.74, 6) is -0.0241. The third kappa shape index (κ3) is 3.03. The Kier molecular flexibility index (Phi) is 3.49. The summed E-state index contributed by atoms with van der Waals surface area (Å²) in [6, 6.07) is 5.07. The molecule has 22 heavy (non-hydrogen) atoms. The van der Waals surface area contributed by atoms with Gasteiger partial charge in [-0.05, 0) is 24.3 Å². The van der Waals surface area contributed by atoms with Gasteiger partial charge in [-0.2, -0.15) is 10.1 Å². The number of aromatic amines is 1. The van der Waals surface area contributed by atoms with Gasteiger partial charge in [-0.25, -0.2) is 0 Å². The first-order chi connectivity index (χ1) is 10.4. The molecule has 0 aliphatic heterocycles. The van der Waals surface area contributed by atoms with Gasteiger partial charge in [0.15, 0.2) is 0 Å². The van der Waals surface area contributed by atoms with Gasteiger partial charge in [0.2, 0.25) is 5.82 Å². The highest BCUT2D eigenvalue weighted by atomic mass is 35.5. The molecule has 3 aromatic rings. The van der Waals surface area contributed by atoms with Gasteiger partial charge >= 0.3 is 6.36 Å². The van der Waals surface area contributed by atoms with Crippen molar-refractivity contribution in [3.8, 4) is 28.7 Å². The molecule has 1 aromatic carbocycles. The van der Waals surface area contributed by atoms with Crippen LogP contribution in [0.25, 0.3) is 23.0 Å². The van der Waals surface area contributed by atoms with Crippen molar-refractivity contribution >= 4 is 11.6 Å². The molecule has 0 spiro atoms. The molecule has 6 nitrogen and oxygen atoms in total. The van der Waals surface area contributed by atoms with Crippen LogP contribution in [0.4, 0.5) is 13.2 Å². The van der Waals surface area contributed by atoms with Crippen LogP contribution in [0.1, 0.15) is 0 Å². The molecule has 2 aromatic heterocycles. The molecule has 0 atom stereocenters. The van der Waals surface area contributed by atoms with Crippen molar-refractivity contribution in [1.82, 2.24) is 20.3 Å². The normalized spacial score (nSPS) is 11.6. The Morgan fingerprint density at radius 3 is 2.50 bits per heavy atom. The van der Waals surface area contributed by atoms with Crippen molar-refractivity contribution in [3.05, 3.63) is 35.5 Å². The first kappa shape index (κ1) is 14.4. The number of aromatic nitrogens is 4. The van der Waals surface area contributed by atoms with Crippen LogP contribution in [0, 0.1) is 0 Å². The molecule has 0 fully saturated rings. The van der Waals surface area contributed by atoms with Crippen molar-refractivity contribution in [1.29, 1.82) is 0 Å². The van der Waals surface area contributed by atoms with Gasteiger partial charge in [-0.1, -0.05) is 16.8 Å². The minimum atomic E-state index is -4.74. The van der Waals surface area contributed by atoms with Gasteiger partial charge in [0, 0.05) is 5.56 Å². The Bertz CT molecular complexity index is 782. The maximum atomic E-state index is 12.1. The molecule has 0 unspecified atom stereocenters. The number of hydrogen-bond donors (Lipinski definition) is 1. The van der Waals surface area contributed by atoms with E-state index in [0.717, 1.165) is 12.1 Å². The molecule has 1 N–H and O–H groups in total. The van der Waals surface area contributed by atoms with E-state index in [-0.39, 0.29) is 17.5 Å². The molecule has 0 saturated heterocycles. The summed E-state index contributed by atoms with van der Waals surface area (Å²) >= 11 is 5.87. The van der Waals surface area contributed by atoms with Crippen molar-refractivity contribution in [2.45, 2.75) is 6.36 Å². The fourth-order valence-corrected chi connectivity index (χ4v) is 1.84. The van der Waals surface area contributed by atoms with Crippen molar-refractivity contribution in [3.63, 3.8) is 0 Å². The molecule has 114 valence electrons. The van der Waals surface area contributed by atoms with Gasteiger partial charge in [0.05, 0.1) is 11.2 Å². The van der Waals surface area contributed by atoms with Crippen LogP contribution < -0.4 is 4.74 Å². The minimum absolute atomic E-state index is 0.119. The lowest BCUT2D eigenvalue weighted by Crippen LogP contribution is -2.16. The van der Waals surface area contributed by atoms with E-state index >= 15 is 0 Å². The first-order valence-electron chi connectivity index (χ1n) is 5.81. The number of halogens is 4. The number of nitrogens with one attached hydrogen (secondary N) is 1. The number of nitrogens with zero attached hydrogens (tertiary/aromatic N) is 3. The summed E-state index contributed by atoms with van der Waals surface area (Å²) in [4.78, 5) is 4.09. The highest BCUT2D eigenvalue weighted by molar-refractivity contribution is 6.32. The predicted molar refractivity (Wildman–Crippen MR) is 69.0 cm³/mol. The summed E-state index contributed by atoms with van der Waals surface area (Å²) in [7, 11) is 0. The third-order valence-corrected chi connectivity index (χ3v) is 2.87. The topological polar surface area (TPSA) is 76.8 Å². The lowest BCUT2D eigenvalue weighted by atomic mass is 10.2. The second-order valence-electron chi connectivity index (χ2n) is 4.09. The number of benzene rings is 1. The highest BCUT2D eigenvalue weighted by Gasteiger charge is 2.31. The van der Waals surface area contributed by atoms with E-state index in [0.29, 0.717) is 16.3 Å². The molecular weight excluding hydrogens is 325 g/mol. The highest BCUT2D eigenvalue weighted by Crippen LogP contribution is 2.28. The Balaban J connectivity index is 1.83. The van der Waals surface area contributed by atoms with Crippen LogP contribution in [0.15, 0.2) is 35.0 Å². The first-order valence-corrected chi connectivity index (χ1v) is 6.19. The molecule has 0 saturated carbocycles. The summed E-state index contributed by atoms with van der Waals surface area (Å²) in [6.45, 7) is 0. The van der Waals surface area contributed by atoms with Gasteiger partial charge in [-0.15, -0.1) is 13.2 Å². The van der Waals surface area contributed by atoms with Gasteiger partial charge in [0.1, 0.15) is 11.4 Å². The predicted octanol–water partition coefficient (Wildman–Crippen LogP) is 3.68. The summed E-state index contributed by atoms with van der Waals surface area (Å²) in [5.41, 5.74) is 0.817. The lowest BCUT2D eigenvalue weighted by Gasteiger charge is -2.08. The van der Waals surface area contributed by atoms with Gasteiger partial charge in [-0.3, -0.25) is 5.10 Å². The number of rotatable bonds is 3. The summed E-state index contributed by atoms with van der Waals surface area (Å²) in [5, 5.41) is 10.4. The quantitative estimate of drug-likeness (QED) is 0.792. The van der Waals surface area contributed by atoms with Crippen LogP contribution >= 0.6 is 11.6 Å². The van der Waals surface area contributed by atoms with Crippen LogP contribution in [-0.4, -0.2) is 26.7 Å². The Morgan fingerprint density at radius 2 is 1.91 bits per heavy atom. The maximum Gasteiger partial charge on any atom is 0.573 e. The van der Waals surface area contributed by atoms with Gasteiger partial charge in [0.25, 0.3) is 5.89 Å². The van der Waals surface area contributed by atoms with Crippen molar-refractivity contribution < 1.29 is 22.4 Å². The van der Waals surface area contributed by atoms with E-state index < -0.39 is 6.36 Å². The maximum absolute atomic E-state index is 12.1. The van der Waals surface area contributed by atoms with E-state index in [2.05, 4.69) is 25.1 Å². The molecule has 0 aliphatic carbocycles. The van der Waals surface area contributed by atoms with Crippen LogP contribution in [0.2, 0.25) is 5.02 Å². The fraction of sp³-hybridized carbons (Fsp3) is 0.0833. The molecular formula is C12H6ClF3N4O2. The Labute approximate surface area is 125 Å². The summed E-state index contributed by atoms with van der Waals surface area (Å²) < 4.78 is 45.0. The van der Waals surface area contributed by atoms with E-state index in [1.807, 2.05) is 0 Å². The van der Waals surface area contributed by atoms with E-state index in [4.69, 9.17) is 16.1 Å². The van der Waals surface area contributed by atoms with Gasteiger partial charge < -0.3 is 9.26 Å². The SMILES string of the molecule is FC(F)(F)Oc1ccc(-c2noc(-c3[nH]ncc3Cl)n2)cc1. The molecule has 0 amide bonds. The molecule has 0 bridgehead atoms. The van der Waals surface area contributed by atoms with Crippen LogP contribution in [0.3, 0.4) is 0 Å². The van der Waals surface area contributed by atoms with Crippen molar-refractivity contribution in [2.75, 3.05) is 0 Å². The zero-order valence-electron chi connectivity index (χ0n) is 10.6. The minimum Gasteiger partial charge on any atom is -0.406 e. The molecule has 0 radical (unpaired) electrons. The lowest BCUT2D eigenvalue weighted by molar-refractivity contribution is -0.274. The Morgan fingerprint density at radius 1 is 1.18 bits per heavy atom. The molecule has 2 heterocycles. The molecule has 0 aliphatic rings. The zero-order chi connectivity index (χ0) is 15.7.